The molecule has 24 heavy (non-hydrogen) atoms. The number of nitro benzene ring substituents is 1. The molecule has 0 aliphatic carbocycles. The fraction of sp³-hybridized carbons (Fsp3) is 0.368. The highest BCUT2D eigenvalue weighted by atomic mass is 16.6. The summed E-state index contributed by atoms with van der Waals surface area (Å²) in [6.07, 6.45) is 0. The van der Waals surface area contributed by atoms with Crippen LogP contribution in [0, 0.1) is 22.5 Å². The van der Waals surface area contributed by atoms with Crippen LogP contribution in [-0.4, -0.2) is 23.2 Å². The zero-order valence-corrected chi connectivity index (χ0v) is 14.3. The maximum Gasteiger partial charge on any atom is 0.269 e. The van der Waals surface area contributed by atoms with Crippen molar-refractivity contribution >= 4 is 11.4 Å². The molecule has 0 saturated heterocycles. The lowest BCUT2D eigenvalue weighted by molar-refractivity contribution is -0.384. The van der Waals surface area contributed by atoms with Crippen molar-refractivity contribution in [2.24, 2.45) is 5.41 Å². The van der Waals surface area contributed by atoms with E-state index in [1.807, 2.05) is 39.0 Å². The smallest absolute Gasteiger partial charge is 0.269 e. The van der Waals surface area contributed by atoms with Gasteiger partial charge in [-0.1, -0.05) is 44.2 Å². The molecule has 2 aromatic rings. The Morgan fingerprint density at radius 2 is 1.88 bits per heavy atom. The van der Waals surface area contributed by atoms with Crippen molar-refractivity contribution in [3.63, 3.8) is 0 Å². The molecule has 0 heterocycles. The Morgan fingerprint density at radius 1 is 1.21 bits per heavy atom. The standard InChI is InChI=1S/C19H24N2O3/c1-14-11-16(21(23)24)9-10-18(14)20-12-17(19(2,3)13-22)15-7-5-4-6-8-15/h4-11,17,20,22H,12-13H2,1-3H3. The van der Waals surface area contributed by atoms with Gasteiger partial charge in [-0.25, -0.2) is 0 Å². The van der Waals surface area contributed by atoms with Gasteiger partial charge in [0.25, 0.3) is 5.69 Å². The van der Waals surface area contributed by atoms with Crippen molar-refractivity contribution in [3.8, 4) is 0 Å². The third kappa shape index (κ3) is 4.11. The van der Waals surface area contributed by atoms with Crippen LogP contribution >= 0.6 is 0 Å². The summed E-state index contributed by atoms with van der Waals surface area (Å²) >= 11 is 0. The van der Waals surface area contributed by atoms with Crippen LogP contribution in [0.4, 0.5) is 11.4 Å². The van der Waals surface area contributed by atoms with Gasteiger partial charge in [0.15, 0.2) is 0 Å². The SMILES string of the molecule is Cc1cc([N+](=O)[O-])ccc1NCC(c1ccccc1)C(C)(C)CO. The normalized spacial score (nSPS) is 12.7. The topological polar surface area (TPSA) is 75.4 Å². The van der Waals surface area contributed by atoms with E-state index in [0.717, 1.165) is 16.8 Å². The van der Waals surface area contributed by atoms with E-state index in [1.165, 1.54) is 6.07 Å². The van der Waals surface area contributed by atoms with E-state index in [1.54, 1.807) is 12.1 Å². The van der Waals surface area contributed by atoms with Crippen molar-refractivity contribution in [2.45, 2.75) is 26.7 Å². The summed E-state index contributed by atoms with van der Waals surface area (Å²) < 4.78 is 0. The second kappa shape index (κ2) is 7.45. The molecule has 2 rings (SSSR count). The summed E-state index contributed by atoms with van der Waals surface area (Å²) in [7, 11) is 0. The van der Waals surface area contributed by atoms with Gasteiger partial charge >= 0.3 is 0 Å². The second-order valence-corrected chi connectivity index (χ2v) is 6.75. The zero-order chi connectivity index (χ0) is 17.7. The van der Waals surface area contributed by atoms with Crippen LogP contribution in [-0.2, 0) is 0 Å². The number of nitrogens with one attached hydrogen (secondary N) is 1. The van der Waals surface area contributed by atoms with Crippen LogP contribution in [0.3, 0.4) is 0 Å². The lowest BCUT2D eigenvalue weighted by atomic mass is 9.75. The number of non-ortho nitro benzene ring substituents is 1. The molecule has 1 atom stereocenters. The lowest BCUT2D eigenvalue weighted by Crippen LogP contribution is -2.31. The number of hydrogen-bond donors (Lipinski definition) is 2. The largest absolute Gasteiger partial charge is 0.396 e. The van der Waals surface area contributed by atoms with Crippen molar-refractivity contribution in [1.82, 2.24) is 0 Å². The monoisotopic (exact) mass is 328 g/mol. The van der Waals surface area contributed by atoms with Gasteiger partial charge in [-0.2, -0.15) is 0 Å². The average molecular weight is 328 g/mol. The molecular weight excluding hydrogens is 304 g/mol. The molecule has 0 aromatic heterocycles. The highest BCUT2D eigenvalue weighted by Crippen LogP contribution is 2.35. The Labute approximate surface area is 142 Å². The molecule has 1 unspecified atom stereocenters. The molecule has 0 amide bonds. The van der Waals surface area contributed by atoms with Crippen LogP contribution in [0.15, 0.2) is 48.5 Å². The molecule has 0 aliphatic rings. The van der Waals surface area contributed by atoms with Crippen molar-refractivity contribution < 1.29 is 10.0 Å². The molecule has 5 heteroatoms. The van der Waals surface area contributed by atoms with E-state index in [4.69, 9.17) is 0 Å². The summed E-state index contributed by atoms with van der Waals surface area (Å²) in [4.78, 5) is 10.5. The van der Waals surface area contributed by atoms with Crippen LogP contribution in [0.25, 0.3) is 0 Å². The van der Waals surface area contributed by atoms with Gasteiger partial charge in [-0.15, -0.1) is 0 Å². The van der Waals surface area contributed by atoms with Gasteiger partial charge in [0, 0.05) is 36.9 Å². The minimum Gasteiger partial charge on any atom is -0.396 e. The minimum atomic E-state index is -0.390. The molecular formula is C19H24N2O3. The molecule has 0 fully saturated rings. The van der Waals surface area contributed by atoms with Gasteiger partial charge in [-0.05, 0) is 29.5 Å². The summed E-state index contributed by atoms with van der Waals surface area (Å²) in [5.41, 5.74) is 2.66. The summed E-state index contributed by atoms with van der Waals surface area (Å²) in [6.45, 7) is 6.64. The molecule has 0 saturated carbocycles. The number of rotatable bonds is 7. The Hall–Kier alpha value is -2.40. The van der Waals surface area contributed by atoms with Gasteiger partial charge in [0.2, 0.25) is 0 Å². The third-order valence-corrected chi connectivity index (χ3v) is 4.47. The maximum atomic E-state index is 10.8. The maximum absolute atomic E-state index is 10.8. The third-order valence-electron chi connectivity index (χ3n) is 4.47. The predicted molar refractivity (Wildman–Crippen MR) is 96.4 cm³/mol. The summed E-state index contributed by atoms with van der Waals surface area (Å²) in [6, 6.07) is 14.9. The lowest BCUT2D eigenvalue weighted by Gasteiger charge is -2.33. The van der Waals surface area contributed by atoms with E-state index in [9.17, 15) is 15.2 Å². The molecule has 0 aliphatic heterocycles. The molecule has 2 N–H and O–H groups in total. The fourth-order valence-corrected chi connectivity index (χ4v) is 2.81. The average Bonchev–Trinajstić information content (AvgIpc) is 2.57. The number of hydrogen-bond acceptors (Lipinski definition) is 4. The number of benzene rings is 2. The Morgan fingerprint density at radius 3 is 2.42 bits per heavy atom. The van der Waals surface area contributed by atoms with Gasteiger partial charge in [0.05, 0.1) is 4.92 Å². The first-order valence-electron chi connectivity index (χ1n) is 8.00. The first-order chi connectivity index (χ1) is 11.3. The van der Waals surface area contributed by atoms with Crippen molar-refractivity contribution in [3.05, 3.63) is 69.8 Å². The highest BCUT2D eigenvalue weighted by molar-refractivity contribution is 5.55. The molecule has 0 spiro atoms. The Kier molecular flexibility index (Phi) is 5.57. The van der Waals surface area contributed by atoms with Gasteiger partial charge < -0.3 is 10.4 Å². The van der Waals surface area contributed by atoms with Crippen molar-refractivity contribution in [2.75, 3.05) is 18.5 Å². The van der Waals surface area contributed by atoms with Gasteiger partial charge in [-0.3, -0.25) is 10.1 Å². The van der Waals surface area contributed by atoms with Gasteiger partial charge in [0.1, 0.15) is 0 Å². The number of nitro groups is 1. The molecule has 128 valence electrons. The van der Waals surface area contributed by atoms with E-state index >= 15 is 0 Å². The van der Waals surface area contributed by atoms with E-state index in [2.05, 4.69) is 17.4 Å². The zero-order valence-electron chi connectivity index (χ0n) is 14.3. The van der Waals surface area contributed by atoms with Crippen LogP contribution < -0.4 is 5.32 Å². The number of anilines is 1. The highest BCUT2D eigenvalue weighted by Gasteiger charge is 2.30. The first-order valence-corrected chi connectivity index (χ1v) is 8.00. The number of nitrogens with zero attached hydrogens (tertiary/aromatic N) is 1. The number of aliphatic hydroxyl groups excluding tert-OH is 1. The molecule has 5 nitrogen and oxygen atoms in total. The minimum absolute atomic E-state index is 0.0769. The second-order valence-electron chi connectivity index (χ2n) is 6.75. The number of aliphatic hydroxyl groups is 1. The molecule has 0 radical (unpaired) electrons. The quantitative estimate of drug-likeness (QED) is 0.592. The van der Waals surface area contributed by atoms with Crippen molar-refractivity contribution in [1.29, 1.82) is 0 Å². The summed E-state index contributed by atoms with van der Waals surface area (Å²) in [5, 5.41) is 24.0. The fourth-order valence-electron chi connectivity index (χ4n) is 2.81. The van der Waals surface area contributed by atoms with E-state index < -0.39 is 4.92 Å². The number of aryl methyl sites for hydroxylation is 1. The van der Waals surface area contributed by atoms with Crippen LogP contribution in [0.1, 0.15) is 30.9 Å². The predicted octanol–water partition coefficient (Wildman–Crippen LogP) is 4.12. The molecule has 2 aromatic carbocycles. The van der Waals surface area contributed by atoms with E-state index in [0.29, 0.717) is 6.54 Å². The Bertz CT molecular complexity index is 699. The van der Waals surface area contributed by atoms with Crippen LogP contribution in [0.5, 0.6) is 0 Å². The molecule has 0 bridgehead atoms. The summed E-state index contributed by atoms with van der Waals surface area (Å²) in [5.74, 6) is 0.110. The van der Waals surface area contributed by atoms with E-state index in [-0.39, 0.29) is 23.6 Å². The first kappa shape index (κ1) is 17.9. The Balaban J connectivity index is 2.21. The van der Waals surface area contributed by atoms with Crippen LogP contribution in [0.2, 0.25) is 0 Å².